The Morgan fingerprint density at radius 2 is 1.91 bits per heavy atom. The van der Waals surface area contributed by atoms with Crippen LogP contribution in [0.4, 0.5) is 10.1 Å². The van der Waals surface area contributed by atoms with Crippen molar-refractivity contribution in [1.29, 1.82) is 0 Å². The molecule has 168 valence electrons. The summed E-state index contributed by atoms with van der Waals surface area (Å²) in [6.07, 6.45) is 0. The van der Waals surface area contributed by atoms with Crippen LogP contribution in [0.5, 0.6) is 0 Å². The molecule has 0 aliphatic carbocycles. The standard InChI is InChI=1S/C23H26ClFN6O/c1-26-14-27-23(32)17-9-16(10-18(25)11-17)21-13-20(28-29-21)15-3-4-22(19(24)12-15)31-7-5-30(2)6-8-31/h3-4,9-13,26H,5-8,14H2,1-2H3,(H,27,32)(H,28,29). The fourth-order valence-electron chi connectivity index (χ4n) is 3.74. The van der Waals surface area contributed by atoms with Gasteiger partial charge in [-0.2, -0.15) is 5.10 Å². The Labute approximate surface area is 191 Å². The molecule has 0 spiro atoms. The molecule has 9 heteroatoms. The Kier molecular flexibility index (Phi) is 6.74. The fraction of sp³-hybridized carbons (Fsp3) is 0.304. The third kappa shape index (κ3) is 4.93. The molecule has 7 nitrogen and oxygen atoms in total. The average molecular weight is 457 g/mol. The zero-order valence-electron chi connectivity index (χ0n) is 18.1. The lowest BCUT2D eigenvalue weighted by atomic mass is 10.1. The van der Waals surface area contributed by atoms with E-state index in [1.807, 2.05) is 24.3 Å². The first-order chi connectivity index (χ1) is 15.4. The molecule has 3 aromatic rings. The molecule has 1 saturated heterocycles. The number of nitrogens with zero attached hydrogens (tertiary/aromatic N) is 3. The molecular formula is C23H26ClFN6O. The molecule has 0 saturated carbocycles. The highest BCUT2D eigenvalue weighted by molar-refractivity contribution is 6.33. The molecule has 1 aliphatic heterocycles. The maximum absolute atomic E-state index is 14.2. The zero-order valence-corrected chi connectivity index (χ0v) is 18.8. The number of benzene rings is 2. The molecule has 2 heterocycles. The average Bonchev–Trinajstić information content (AvgIpc) is 3.28. The van der Waals surface area contributed by atoms with Crippen LogP contribution in [-0.4, -0.2) is 67.9 Å². The van der Waals surface area contributed by atoms with Gasteiger partial charge in [0.05, 0.1) is 28.8 Å². The summed E-state index contributed by atoms with van der Waals surface area (Å²) in [4.78, 5) is 16.8. The van der Waals surface area contributed by atoms with Gasteiger partial charge in [-0.25, -0.2) is 4.39 Å². The van der Waals surface area contributed by atoms with Crippen molar-refractivity contribution >= 4 is 23.2 Å². The van der Waals surface area contributed by atoms with Crippen LogP contribution in [-0.2, 0) is 0 Å². The Balaban J connectivity index is 1.56. The maximum atomic E-state index is 14.2. The number of nitrogens with one attached hydrogen (secondary N) is 3. The molecular weight excluding hydrogens is 431 g/mol. The molecule has 1 aromatic heterocycles. The molecule has 0 unspecified atom stereocenters. The molecule has 1 fully saturated rings. The summed E-state index contributed by atoms with van der Waals surface area (Å²) in [5.74, 6) is -0.858. The Hall–Kier alpha value is -2.94. The summed E-state index contributed by atoms with van der Waals surface area (Å²) in [5.41, 5.74) is 3.96. The number of H-pyrrole nitrogens is 1. The van der Waals surface area contributed by atoms with Crippen LogP contribution in [0.15, 0.2) is 42.5 Å². The van der Waals surface area contributed by atoms with Crippen molar-refractivity contribution in [1.82, 2.24) is 25.7 Å². The fourth-order valence-corrected chi connectivity index (χ4v) is 4.04. The van der Waals surface area contributed by atoms with Gasteiger partial charge in [-0.1, -0.05) is 17.7 Å². The van der Waals surface area contributed by atoms with Crippen LogP contribution < -0.4 is 15.5 Å². The normalized spacial score (nSPS) is 14.6. The highest BCUT2D eigenvalue weighted by Gasteiger charge is 2.18. The van der Waals surface area contributed by atoms with Crippen LogP contribution in [0.1, 0.15) is 10.4 Å². The summed E-state index contributed by atoms with van der Waals surface area (Å²) >= 11 is 6.60. The van der Waals surface area contributed by atoms with Gasteiger partial charge in [0.25, 0.3) is 5.91 Å². The van der Waals surface area contributed by atoms with Gasteiger partial charge >= 0.3 is 0 Å². The monoisotopic (exact) mass is 456 g/mol. The number of hydrogen-bond acceptors (Lipinski definition) is 5. The first kappa shape index (κ1) is 22.3. The number of carbonyl (C=O) groups is 1. The molecule has 0 atom stereocenters. The zero-order chi connectivity index (χ0) is 22.7. The van der Waals surface area contributed by atoms with Gasteiger partial charge in [0.15, 0.2) is 0 Å². The number of anilines is 1. The lowest BCUT2D eigenvalue weighted by Crippen LogP contribution is -2.44. The minimum absolute atomic E-state index is 0.236. The molecule has 2 aromatic carbocycles. The lowest BCUT2D eigenvalue weighted by Gasteiger charge is -2.34. The smallest absolute Gasteiger partial charge is 0.252 e. The van der Waals surface area contributed by atoms with E-state index in [9.17, 15) is 9.18 Å². The first-order valence-electron chi connectivity index (χ1n) is 10.5. The van der Waals surface area contributed by atoms with E-state index in [1.54, 1.807) is 13.1 Å². The number of halogens is 2. The van der Waals surface area contributed by atoms with E-state index >= 15 is 0 Å². The summed E-state index contributed by atoms with van der Waals surface area (Å²) in [6.45, 7) is 4.18. The Bertz CT molecular complexity index is 1110. The van der Waals surface area contributed by atoms with E-state index in [2.05, 4.69) is 37.7 Å². The number of likely N-dealkylation sites (N-methyl/N-ethyl adjacent to an activating group) is 1. The van der Waals surface area contributed by atoms with Crippen LogP contribution in [0.25, 0.3) is 22.5 Å². The number of hydrogen-bond donors (Lipinski definition) is 3. The van der Waals surface area contributed by atoms with Gasteiger partial charge in [-0.3, -0.25) is 9.89 Å². The van der Waals surface area contributed by atoms with Gasteiger partial charge in [-0.05, 0) is 50.5 Å². The maximum Gasteiger partial charge on any atom is 0.252 e. The van der Waals surface area contributed by atoms with Gasteiger partial charge in [0.2, 0.25) is 0 Å². The quantitative estimate of drug-likeness (QED) is 0.497. The minimum atomic E-state index is -0.499. The SMILES string of the molecule is CNCNC(=O)c1cc(F)cc(-c2cc(-c3ccc(N4CCN(C)CC4)c(Cl)c3)[nH]n2)c1. The van der Waals surface area contributed by atoms with Gasteiger partial charge < -0.3 is 20.4 Å². The predicted octanol–water partition coefficient (Wildman–Crippen LogP) is 3.19. The molecule has 0 bridgehead atoms. The van der Waals surface area contributed by atoms with E-state index in [-0.39, 0.29) is 11.5 Å². The van der Waals surface area contributed by atoms with Crippen molar-refractivity contribution in [2.75, 3.05) is 51.8 Å². The van der Waals surface area contributed by atoms with Crippen molar-refractivity contribution in [3.63, 3.8) is 0 Å². The summed E-state index contributed by atoms with van der Waals surface area (Å²) in [7, 11) is 3.83. The van der Waals surface area contributed by atoms with E-state index in [0.29, 0.717) is 22.9 Å². The topological polar surface area (TPSA) is 76.3 Å². The van der Waals surface area contributed by atoms with Crippen molar-refractivity contribution in [2.24, 2.45) is 0 Å². The van der Waals surface area contributed by atoms with E-state index in [4.69, 9.17) is 11.6 Å². The highest BCUT2D eigenvalue weighted by Crippen LogP contribution is 2.32. The lowest BCUT2D eigenvalue weighted by molar-refractivity contribution is 0.0951. The van der Waals surface area contributed by atoms with Gasteiger partial charge in [0, 0.05) is 42.9 Å². The largest absolute Gasteiger partial charge is 0.368 e. The van der Waals surface area contributed by atoms with Crippen molar-refractivity contribution < 1.29 is 9.18 Å². The summed E-state index contributed by atoms with van der Waals surface area (Å²) in [5, 5.41) is 13.5. The van der Waals surface area contributed by atoms with Crippen LogP contribution in [0, 0.1) is 5.82 Å². The second-order valence-electron chi connectivity index (χ2n) is 7.89. The third-order valence-corrected chi connectivity index (χ3v) is 5.86. The molecule has 32 heavy (non-hydrogen) atoms. The Morgan fingerprint density at radius 1 is 1.12 bits per heavy atom. The van der Waals surface area contributed by atoms with Crippen molar-refractivity contribution in [2.45, 2.75) is 0 Å². The number of aromatic nitrogens is 2. The van der Waals surface area contributed by atoms with Crippen LogP contribution in [0.2, 0.25) is 5.02 Å². The summed E-state index contributed by atoms with van der Waals surface area (Å²) in [6, 6.07) is 11.9. The molecule has 1 aliphatic rings. The summed E-state index contributed by atoms with van der Waals surface area (Å²) < 4.78 is 14.2. The first-order valence-corrected chi connectivity index (χ1v) is 10.8. The number of carbonyl (C=O) groups excluding carboxylic acids is 1. The van der Waals surface area contributed by atoms with Crippen LogP contribution >= 0.6 is 11.6 Å². The number of aromatic amines is 1. The third-order valence-electron chi connectivity index (χ3n) is 5.56. The van der Waals surface area contributed by atoms with E-state index < -0.39 is 5.82 Å². The van der Waals surface area contributed by atoms with Crippen molar-refractivity contribution in [3.8, 4) is 22.5 Å². The second-order valence-corrected chi connectivity index (χ2v) is 8.30. The van der Waals surface area contributed by atoms with E-state index in [1.165, 1.54) is 12.1 Å². The number of piperazine rings is 1. The van der Waals surface area contributed by atoms with E-state index in [0.717, 1.165) is 43.1 Å². The predicted molar refractivity (Wildman–Crippen MR) is 126 cm³/mol. The molecule has 3 N–H and O–H groups in total. The van der Waals surface area contributed by atoms with Gasteiger partial charge in [0.1, 0.15) is 5.82 Å². The van der Waals surface area contributed by atoms with Crippen molar-refractivity contribution in [3.05, 3.63) is 58.9 Å². The minimum Gasteiger partial charge on any atom is -0.368 e. The second kappa shape index (κ2) is 9.68. The van der Waals surface area contributed by atoms with Crippen LogP contribution in [0.3, 0.4) is 0 Å². The molecule has 1 amide bonds. The van der Waals surface area contributed by atoms with Gasteiger partial charge in [-0.15, -0.1) is 0 Å². The number of rotatable bonds is 6. The molecule has 0 radical (unpaired) electrons. The Morgan fingerprint density at radius 3 is 2.62 bits per heavy atom. The molecule has 4 rings (SSSR count). The number of amides is 1. The highest BCUT2D eigenvalue weighted by atomic mass is 35.5.